The van der Waals surface area contributed by atoms with E-state index >= 15 is 0 Å². The SMILES string of the molecule is COc1ccc(Cn2nc(N)c3c2CNC3C(C)(C)C)cc1. The third-order valence-corrected chi connectivity index (χ3v) is 4.25. The molecule has 0 aliphatic carbocycles. The summed E-state index contributed by atoms with van der Waals surface area (Å²) in [4.78, 5) is 0. The maximum Gasteiger partial charge on any atom is 0.150 e. The molecule has 118 valence electrons. The summed E-state index contributed by atoms with van der Waals surface area (Å²) in [6, 6.07) is 8.32. The molecular formula is C17H24N4O. The molecule has 1 aliphatic rings. The Balaban J connectivity index is 1.89. The summed E-state index contributed by atoms with van der Waals surface area (Å²) in [7, 11) is 1.67. The van der Waals surface area contributed by atoms with Crippen molar-refractivity contribution >= 4 is 5.82 Å². The predicted molar refractivity (Wildman–Crippen MR) is 87.8 cm³/mol. The fourth-order valence-electron chi connectivity index (χ4n) is 3.11. The fraction of sp³-hybridized carbons (Fsp3) is 0.471. The van der Waals surface area contributed by atoms with Crippen LogP contribution in [0.5, 0.6) is 5.75 Å². The number of nitrogens with one attached hydrogen (secondary N) is 1. The molecule has 1 unspecified atom stereocenters. The van der Waals surface area contributed by atoms with Crippen LogP contribution in [0, 0.1) is 5.41 Å². The molecule has 1 atom stereocenters. The highest BCUT2D eigenvalue weighted by Crippen LogP contribution is 2.41. The molecule has 0 saturated heterocycles. The van der Waals surface area contributed by atoms with Crippen molar-refractivity contribution in [2.45, 2.75) is 39.9 Å². The molecule has 3 rings (SSSR count). The van der Waals surface area contributed by atoms with Crippen LogP contribution in [0.2, 0.25) is 0 Å². The molecule has 0 amide bonds. The lowest BCUT2D eigenvalue weighted by Gasteiger charge is -2.27. The molecule has 0 spiro atoms. The fourth-order valence-corrected chi connectivity index (χ4v) is 3.11. The molecule has 1 aliphatic heterocycles. The van der Waals surface area contributed by atoms with E-state index in [2.05, 4.69) is 43.3 Å². The van der Waals surface area contributed by atoms with Crippen molar-refractivity contribution in [2.24, 2.45) is 5.41 Å². The Kier molecular flexibility index (Phi) is 3.60. The number of anilines is 1. The number of methoxy groups -OCH3 is 1. The van der Waals surface area contributed by atoms with E-state index in [-0.39, 0.29) is 11.5 Å². The second kappa shape index (κ2) is 5.32. The van der Waals surface area contributed by atoms with E-state index in [0.717, 1.165) is 18.8 Å². The Labute approximate surface area is 131 Å². The van der Waals surface area contributed by atoms with Crippen molar-refractivity contribution in [1.29, 1.82) is 0 Å². The van der Waals surface area contributed by atoms with Gasteiger partial charge in [-0.15, -0.1) is 0 Å². The van der Waals surface area contributed by atoms with Crippen LogP contribution in [0.1, 0.15) is 43.6 Å². The lowest BCUT2D eigenvalue weighted by molar-refractivity contribution is 0.288. The third kappa shape index (κ3) is 2.57. The monoisotopic (exact) mass is 300 g/mol. The van der Waals surface area contributed by atoms with Gasteiger partial charge in [-0.2, -0.15) is 5.10 Å². The zero-order valence-corrected chi connectivity index (χ0v) is 13.7. The smallest absolute Gasteiger partial charge is 0.150 e. The molecule has 5 nitrogen and oxygen atoms in total. The van der Waals surface area contributed by atoms with Crippen molar-refractivity contribution < 1.29 is 4.74 Å². The van der Waals surface area contributed by atoms with Crippen molar-refractivity contribution in [3.8, 4) is 5.75 Å². The van der Waals surface area contributed by atoms with E-state index in [4.69, 9.17) is 10.5 Å². The Morgan fingerprint density at radius 3 is 2.59 bits per heavy atom. The van der Waals surface area contributed by atoms with Crippen molar-refractivity contribution in [3.63, 3.8) is 0 Å². The summed E-state index contributed by atoms with van der Waals surface area (Å²) in [6.45, 7) is 8.21. The first kappa shape index (κ1) is 14.9. The van der Waals surface area contributed by atoms with E-state index in [1.54, 1.807) is 7.11 Å². The summed E-state index contributed by atoms with van der Waals surface area (Å²) in [5.41, 5.74) is 9.86. The molecule has 0 saturated carbocycles. The minimum atomic E-state index is 0.118. The van der Waals surface area contributed by atoms with Gasteiger partial charge < -0.3 is 15.8 Å². The number of aromatic nitrogens is 2. The topological polar surface area (TPSA) is 65.1 Å². The summed E-state index contributed by atoms with van der Waals surface area (Å²) < 4.78 is 7.22. The maximum atomic E-state index is 6.19. The molecular weight excluding hydrogens is 276 g/mol. The second-order valence-corrected chi connectivity index (χ2v) is 6.93. The lowest BCUT2D eigenvalue weighted by Crippen LogP contribution is -2.27. The molecule has 0 radical (unpaired) electrons. The van der Waals surface area contributed by atoms with Crippen LogP contribution in [0.15, 0.2) is 24.3 Å². The Morgan fingerprint density at radius 1 is 1.32 bits per heavy atom. The summed E-state index contributed by atoms with van der Waals surface area (Å²) in [5, 5.41) is 8.12. The van der Waals surface area contributed by atoms with Crippen molar-refractivity contribution in [1.82, 2.24) is 15.1 Å². The Hall–Kier alpha value is -2.01. The molecule has 22 heavy (non-hydrogen) atoms. The van der Waals surface area contributed by atoms with Gasteiger partial charge in [-0.05, 0) is 23.1 Å². The van der Waals surface area contributed by atoms with Crippen LogP contribution in [0.3, 0.4) is 0 Å². The number of rotatable bonds is 3. The van der Waals surface area contributed by atoms with Crippen LogP contribution in [0.25, 0.3) is 0 Å². The molecule has 2 heterocycles. The molecule has 2 aromatic rings. The van der Waals surface area contributed by atoms with E-state index in [0.29, 0.717) is 5.82 Å². The summed E-state index contributed by atoms with van der Waals surface area (Å²) >= 11 is 0. The van der Waals surface area contributed by atoms with Crippen LogP contribution in [0.4, 0.5) is 5.82 Å². The predicted octanol–water partition coefficient (Wildman–Crippen LogP) is 2.71. The first-order valence-corrected chi connectivity index (χ1v) is 7.61. The van der Waals surface area contributed by atoms with Crippen LogP contribution in [-0.2, 0) is 13.1 Å². The average molecular weight is 300 g/mol. The average Bonchev–Trinajstić information content (AvgIpc) is 3.02. The van der Waals surface area contributed by atoms with Gasteiger partial charge in [-0.1, -0.05) is 32.9 Å². The van der Waals surface area contributed by atoms with E-state index in [1.165, 1.54) is 16.8 Å². The first-order chi connectivity index (χ1) is 10.4. The molecule has 3 N–H and O–H groups in total. The minimum Gasteiger partial charge on any atom is -0.497 e. The van der Waals surface area contributed by atoms with E-state index < -0.39 is 0 Å². The number of nitrogens with two attached hydrogens (primary N) is 1. The summed E-state index contributed by atoms with van der Waals surface area (Å²) in [6.07, 6.45) is 0. The molecule has 1 aromatic heterocycles. The zero-order chi connectivity index (χ0) is 15.9. The standard InChI is InChI=1S/C17H24N4O/c1-17(2,3)15-14-13(9-19-15)21(20-16(14)18)10-11-5-7-12(22-4)8-6-11/h5-8,15,19H,9-10H2,1-4H3,(H2,18,20). The Bertz CT molecular complexity index is 667. The highest BCUT2D eigenvalue weighted by Gasteiger charge is 2.36. The van der Waals surface area contributed by atoms with Gasteiger partial charge in [0.05, 0.1) is 19.3 Å². The number of ether oxygens (including phenoxy) is 1. The number of nitrogen functional groups attached to an aromatic ring is 1. The highest BCUT2D eigenvalue weighted by molar-refractivity contribution is 5.48. The number of nitrogens with zero attached hydrogens (tertiary/aromatic N) is 2. The number of hydrogen-bond donors (Lipinski definition) is 2. The minimum absolute atomic E-state index is 0.118. The molecule has 0 fully saturated rings. The summed E-state index contributed by atoms with van der Waals surface area (Å²) in [5.74, 6) is 1.51. The Morgan fingerprint density at radius 2 is 2.00 bits per heavy atom. The van der Waals surface area contributed by atoms with Crippen LogP contribution < -0.4 is 15.8 Å². The normalized spacial score (nSPS) is 17.5. The number of fused-ring (bicyclic) bond motifs is 1. The highest BCUT2D eigenvalue weighted by atomic mass is 16.5. The van der Waals surface area contributed by atoms with Crippen molar-refractivity contribution in [3.05, 3.63) is 41.1 Å². The van der Waals surface area contributed by atoms with Gasteiger partial charge in [0, 0.05) is 18.2 Å². The third-order valence-electron chi connectivity index (χ3n) is 4.25. The second-order valence-electron chi connectivity index (χ2n) is 6.93. The van der Waals surface area contributed by atoms with E-state index in [9.17, 15) is 0 Å². The van der Waals surface area contributed by atoms with Gasteiger partial charge in [0.1, 0.15) is 5.75 Å². The molecule has 1 aromatic carbocycles. The maximum absolute atomic E-state index is 6.19. The number of benzene rings is 1. The van der Waals surface area contributed by atoms with Gasteiger partial charge in [-0.3, -0.25) is 4.68 Å². The largest absolute Gasteiger partial charge is 0.497 e. The van der Waals surface area contributed by atoms with Gasteiger partial charge in [-0.25, -0.2) is 0 Å². The quantitative estimate of drug-likeness (QED) is 0.914. The zero-order valence-electron chi connectivity index (χ0n) is 13.7. The van der Waals surface area contributed by atoms with Crippen LogP contribution >= 0.6 is 0 Å². The molecule has 0 bridgehead atoms. The van der Waals surface area contributed by atoms with Crippen LogP contribution in [-0.4, -0.2) is 16.9 Å². The van der Waals surface area contributed by atoms with Crippen molar-refractivity contribution in [2.75, 3.05) is 12.8 Å². The van der Waals surface area contributed by atoms with E-state index in [1.807, 2.05) is 16.8 Å². The number of hydrogen-bond acceptors (Lipinski definition) is 4. The van der Waals surface area contributed by atoms with Gasteiger partial charge in [0.25, 0.3) is 0 Å². The first-order valence-electron chi connectivity index (χ1n) is 7.61. The van der Waals surface area contributed by atoms with Gasteiger partial charge >= 0.3 is 0 Å². The lowest BCUT2D eigenvalue weighted by atomic mass is 9.84. The van der Waals surface area contributed by atoms with Gasteiger partial charge in [0.2, 0.25) is 0 Å². The van der Waals surface area contributed by atoms with Gasteiger partial charge in [0.15, 0.2) is 5.82 Å². The molecule has 5 heteroatoms.